The third kappa shape index (κ3) is 1.96. The minimum atomic E-state index is -0.777. The zero-order valence-electron chi connectivity index (χ0n) is 9.66. The smallest absolute Gasteiger partial charge is 0.235 e. The van der Waals surface area contributed by atoms with Crippen molar-refractivity contribution in [1.82, 2.24) is 0 Å². The van der Waals surface area contributed by atoms with Gasteiger partial charge in [-0.2, -0.15) is 4.99 Å². The summed E-state index contributed by atoms with van der Waals surface area (Å²) in [5.74, 6) is -0.380. The second-order valence-electron chi connectivity index (χ2n) is 4.56. The standard InChI is InChI=1S/C13H14FNO2/c1-9-6-12(17)10(7-11(9)14)13(15-8-16)4-2-3-5-13/h6-7,17H,2-5H2,1H3. The van der Waals surface area contributed by atoms with Crippen molar-refractivity contribution in [2.45, 2.75) is 38.1 Å². The Kier molecular flexibility index (Phi) is 2.99. The third-order valence-corrected chi connectivity index (χ3v) is 3.47. The molecule has 1 N–H and O–H groups in total. The molecule has 1 saturated carbocycles. The zero-order chi connectivity index (χ0) is 12.5. The first kappa shape index (κ1) is 11.8. The van der Waals surface area contributed by atoms with Crippen molar-refractivity contribution in [2.75, 3.05) is 0 Å². The molecule has 0 heterocycles. The number of phenols is 1. The van der Waals surface area contributed by atoms with Crippen LogP contribution in [0.3, 0.4) is 0 Å². The van der Waals surface area contributed by atoms with Gasteiger partial charge in [-0.3, -0.25) is 0 Å². The third-order valence-electron chi connectivity index (χ3n) is 3.47. The fourth-order valence-corrected chi connectivity index (χ4v) is 2.53. The molecule has 3 nitrogen and oxygen atoms in total. The Bertz CT molecular complexity index is 486. The molecule has 1 aliphatic rings. The van der Waals surface area contributed by atoms with Gasteiger partial charge in [-0.15, -0.1) is 0 Å². The second-order valence-corrected chi connectivity index (χ2v) is 4.56. The number of halogens is 1. The predicted molar refractivity (Wildman–Crippen MR) is 61.1 cm³/mol. The second kappa shape index (κ2) is 4.30. The quantitative estimate of drug-likeness (QED) is 0.633. The highest BCUT2D eigenvalue weighted by atomic mass is 19.1. The fraction of sp³-hybridized carbons (Fsp3) is 0.462. The SMILES string of the molecule is Cc1cc(O)c(C2(N=C=O)CCCC2)cc1F. The Morgan fingerprint density at radius 1 is 1.41 bits per heavy atom. The number of nitrogens with zero attached hydrogens (tertiary/aromatic N) is 1. The first-order valence-electron chi connectivity index (χ1n) is 5.68. The van der Waals surface area contributed by atoms with E-state index in [1.54, 1.807) is 13.0 Å². The van der Waals surface area contributed by atoms with Crippen LogP contribution in [0.1, 0.15) is 36.8 Å². The number of hydrogen-bond donors (Lipinski definition) is 1. The van der Waals surface area contributed by atoms with Gasteiger partial charge in [-0.05, 0) is 37.5 Å². The van der Waals surface area contributed by atoms with Crippen LogP contribution in [0.15, 0.2) is 17.1 Å². The summed E-state index contributed by atoms with van der Waals surface area (Å²) in [7, 11) is 0. The van der Waals surface area contributed by atoms with Gasteiger partial charge in [0.25, 0.3) is 0 Å². The molecule has 90 valence electrons. The van der Waals surface area contributed by atoms with Crippen LogP contribution in [-0.4, -0.2) is 11.2 Å². The summed E-state index contributed by atoms with van der Waals surface area (Å²) >= 11 is 0. The molecule has 0 unspecified atom stereocenters. The summed E-state index contributed by atoms with van der Waals surface area (Å²) in [5.41, 5.74) is 0.0105. The molecule has 0 saturated heterocycles. The van der Waals surface area contributed by atoms with E-state index in [4.69, 9.17) is 0 Å². The maximum atomic E-state index is 13.6. The van der Waals surface area contributed by atoms with Gasteiger partial charge in [0.15, 0.2) is 0 Å². The predicted octanol–water partition coefficient (Wildman–Crippen LogP) is 2.94. The Hall–Kier alpha value is -1.67. The van der Waals surface area contributed by atoms with E-state index in [1.807, 2.05) is 0 Å². The summed E-state index contributed by atoms with van der Waals surface area (Å²) in [6, 6.07) is 2.67. The molecule has 1 aromatic carbocycles. The highest BCUT2D eigenvalue weighted by Crippen LogP contribution is 2.45. The van der Waals surface area contributed by atoms with Crippen LogP contribution in [0.2, 0.25) is 0 Å². The highest BCUT2D eigenvalue weighted by Gasteiger charge is 2.38. The lowest BCUT2D eigenvalue weighted by Gasteiger charge is -2.24. The average Bonchev–Trinajstić information content (AvgIpc) is 2.73. The number of hydrogen-bond acceptors (Lipinski definition) is 3. The van der Waals surface area contributed by atoms with Crippen LogP contribution in [0.5, 0.6) is 5.75 Å². The van der Waals surface area contributed by atoms with Crippen LogP contribution < -0.4 is 0 Å². The van der Waals surface area contributed by atoms with Crippen molar-refractivity contribution in [3.8, 4) is 5.75 Å². The molecule has 2 rings (SSSR count). The monoisotopic (exact) mass is 235 g/mol. The van der Waals surface area contributed by atoms with E-state index < -0.39 is 5.54 Å². The van der Waals surface area contributed by atoms with Crippen LogP contribution in [0.25, 0.3) is 0 Å². The van der Waals surface area contributed by atoms with Gasteiger partial charge in [0.2, 0.25) is 6.08 Å². The number of benzene rings is 1. The van der Waals surface area contributed by atoms with Crippen molar-refractivity contribution in [3.05, 3.63) is 29.1 Å². The Labute approximate surface area is 99.0 Å². The number of aromatic hydroxyl groups is 1. The number of aryl methyl sites for hydroxylation is 1. The molecule has 17 heavy (non-hydrogen) atoms. The molecule has 1 fully saturated rings. The molecule has 0 aromatic heterocycles. The summed E-state index contributed by atoms with van der Waals surface area (Å²) in [6.07, 6.45) is 4.69. The van der Waals surface area contributed by atoms with Crippen LogP contribution in [-0.2, 0) is 10.3 Å². The lowest BCUT2D eigenvalue weighted by molar-refractivity contribution is 0.404. The van der Waals surface area contributed by atoms with E-state index in [9.17, 15) is 14.3 Å². The van der Waals surface area contributed by atoms with E-state index in [2.05, 4.69) is 4.99 Å². The van der Waals surface area contributed by atoms with E-state index in [0.717, 1.165) is 12.8 Å². The van der Waals surface area contributed by atoms with Gasteiger partial charge in [0.1, 0.15) is 17.1 Å². The number of phenolic OH excluding ortho intramolecular Hbond substituents is 1. The molecule has 0 spiro atoms. The molecular formula is C13H14FNO2. The van der Waals surface area contributed by atoms with Gasteiger partial charge < -0.3 is 5.11 Å². The summed E-state index contributed by atoms with van der Waals surface area (Å²) in [6.45, 7) is 1.59. The largest absolute Gasteiger partial charge is 0.508 e. The molecule has 4 heteroatoms. The molecule has 1 aromatic rings. The topological polar surface area (TPSA) is 49.7 Å². The minimum absolute atomic E-state index is 0.00444. The van der Waals surface area contributed by atoms with Crippen molar-refractivity contribution in [2.24, 2.45) is 4.99 Å². The Morgan fingerprint density at radius 2 is 2.06 bits per heavy atom. The maximum Gasteiger partial charge on any atom is 0.235 e. The first-order valence-corrected chi connectivity index (χ1v) is 5.68. The van der Waals surface area contributed by atoms with Gasteiger partial charge in [0.05, 0.1) is 0 Å². The van der Waals surface area contributed by atoms with Crippen molar-refractivity contribution >= 4 is 6.08 Å². The van der Waals surface area contributed by atoms with Gasteiger partial charge >= 0.3 is 0 Å². The molecular weight excluding hydrogens is 221 g/mol. The normalized spacial score (nSPS) is 17.8. The number of aliphatic imine (C=N–C) groups is 1. The van der Waals surface area contributed by atoms with Crippen molar-refractivity contribution in [1.29, 1.82) is 0 Å². The molecule has 0 radical (unpaired) electrons. The van der Waals surface area contributed by atoms with E-state index in [-0.39, 0.29) is 11.6 Å². The highest BCUT2D eigenvalue weighted by molar-refractivity contribution is 5.46. The lowest BCUT2D eigenvalue weighted by atomic mass is 9.87. The first-order chi connectivity index (χ1) is 8.09. The van der Waals surface area contributed by atoms with Gasteiger partial charge in [0, 0.05) is 5.56 Å². The summed E-state index contributed by atoms with van der Waals surface area (Å²) in [5, 5.41) is 9.91. The number of carbonyl (C=O) groups excluding carboxylic acids is 1. The van der Waals surface area contributed by atoms with Crippen molar-refractivity contribution in [3.63, 3.8) is 0 Å². The molecule has 0 aliphatic heterocycles. The van der Waals surface area contributed by atoms with Gasteiger partial charge in [-0.1, -0.05) is 12.8 Å². The van der Waals surface area contributed by atoms with Crippen LogP contribution in [0, 0.1) is 12.7 Å². The number of rotatable bonds is 2. The summed E-state index contributed by atoms with van der Waals surface area (Å²) < 4.78 is 13.6. The molecule has 1 aliphatic carbocycles. The minimum Gasteiger partial charge on any atom is -0.508 e. The van der Waals surface area contributed by atoms with E-state index >= 15 is 0 Å². The van der Waals surface area contributed by atoms with E-state index in [0.29, 0.717) is 24.0 Å². The summed E-state index contributed by atoms with van der Waals surface area (Å²) in [4.78, 5) is 14.4. The molecule has 0 bridgehead atoms. The van der Waals surface area contributed by atoms with E-state index in [1.165, 1.54) is 12.1 Å². The lowest BCUT2D eigenvalue weighted by Crippen LogP contribution is -2.19. The van der Waals surface area contributed by atoms with Crippen molar-refractivity contribution < 1.29 is 14.3 Å². The zero-order valence-corrected chi connectivity index (χ0v) is 9.66. The van der Waals surface area contributed by atoms with Gasteiger partial charge in [-0.25, -0.2) is 9.18 Å². The number of isocyanates is 1. The molecule has 0 atom stereocenters. The average molecular weight is 235 g/mol. The maximum absolute atomic E-state index is 13.6. The Balaban J connectivity index is 2.57. The van der Waals surface area contributed by atoms with Crippen LogP contribution >= 0.6 is 0 Å². The fourth-order valence-electron chi connectivity index (χ4n) is 2.53. The Morgan fingerprint density at radius 3 is 2.65 bits per heavy atom. The molecule has 0 amide bonds. The van der Waals surface area contributed by atoms with Crippen LogP contribution in [0.4, 0.5) is 4.39 Å².